The summed E-state index contributed by atoms with van der Waals surface area (Å²) in [5, 5.41) is 3.98. The maximum Gasteiger partial charge on any atom is 0.434 e. The van der Waals surface area contributed by atoms with Crippen LogP contribution in [0.15, 0.2) is 18.3 Å². The zero-order valence-electron chi connectivity index (χ0n) is 7.91. The van der Waals surface area contributed by atoms with Gasteiger partial charge in [-0.2, -0.15) is 18.3 Å². The van der Waals surface area contributed by atoms with Crippen molar-refractivity contribution in [1.29, 1.82) is 0 Å². The first-order chi connectivity index (χ1) is 7.00. The Morgan fingerprint density at radius 2 is 2.07 bits per heavy atom. The predicted octanol–water partition coefficient (Wildman–Crippen LogP) is 2.31. The Hall–Kier alpha value is -1.59. The summed E-state index contributed by atoms with van der Waals surface area (Å²) in [6.07, 6.45) is -2.84. The van der Waals surface area contributed by atoms with E-state index < -0.39 is 11.9 Å². The summed E-state index contributed by atoms with van der Waals surface area (Å²) in [5.74, 6) is 0. The molecule has 0 amide bonds. The predicted molar refractivity (Wildman–Crippen MR) is 47.4 cm³/mol. The van der Waals surface area contributed by atoms with Crippen LogP contribution in [0.25, 0.3) is 5.65 Å². The van der Waals surface area contributed by atoms with E-state index in [2.05, 4.69) is 10.1 Å². The molecule has 0 aliphatic carbocycles. The lowest BCUT2D eigenvalue weighted by Crippen LogP contribution is -2.04. The summed E-state index contributed by atoms with van der Waals surface area (Å²) in [5.41, 5.74) is 0.0244. The maximum atomic E-state index is 12.3. The molecule has 2 rings (SSSR count). The number of aromatic nitrogens is 3. The van der Waals surface area contributed by atoms with Gasteiger partial charge in [-0.25, -0.2) is 9.50 Å². The second-order valence-electron chi connectivity index (χ2n) is 3.10. The topological polar surface area (TPSA) is 30.2 Å². The molecule has 2 aromatic rings. The number of rotatable bonds is 1. The number of imidazole rings is 1. The molecule has 15 heavy (non-hydrogen) atoms. The van der Waals surface area contributed by atoms with Gasteiger partial charge >= 0.3 is 6.18 Å². The largest absolute Gasteiger partial charge is 0.434 e. The fraction of sp³-hybridized carbons (Fsp3) is 0.333. The minimum Gasteiger partial charge on any atom is -0.223 e. The van der Waals surface area contributed by atoms with E-state index in [1.807, 2.05) is 6.92 Å². The van der Waals surface area contributed by atoms with Gasteiger partial charge in [0.25, 0.3) is 0 Å². The summed E-state index contributed by atoms with van der Waals surface area (Å²) in [7, 11) is 0. The van der Waals surface area contributed by atoms with Gasteiger partial charge in [0, 0.05) is 0 Å². The van der Waals surface area contributed by atoms with Crippen molar-refractivity contribution in [1.82, 2.24) is 14.6 Å². The van der Waals surface area contributed by atoms with Gasteiger partial charge in [0.1, 0.15) is 0 Å². The molecule has 0 aliphatic rings. The van der Waals surface area contributed by atoms with E-state index >= 15 is 0 Å². The second-order valence-corrected chi connectivity index (χ2v) is 3.10. The zero-order valence-corrected chi connectivity index (χ0v) is 7.91. The first-order valence-corrected chi connectivity index (χ1v) is 4.43. The van der Waals surface area contributed by atoms with Gasteiger partial charge in [-0.15, -0.1) is 0 Å². The van der Waals surface area contributed by atoms with Gasteiger partial charge in [0.15, 0.2) is 11.3 Å². The number of fused-ring (bicyclic) bond motifs is 1. The van der Waals surface area contributed by atoms with Crippen molar-refractivity contribution in [2.75, 3.05) is 0 Å². The average molecular weight is 215 g/mol. The number of hydrogen-bond donors (Lipinski definition) is 0. The molecule has 0 saturated heterocycles. The summed E-state index contributed by atoms with van der Waals surface area (Å²) in [6.45, 7) is 1.88. The first kappa shape index (κ1) is 9.95. The summed E-state index contributed by atoms with van der Waals surface area (Å²) in [6, 6.07) is 3.20. The molecular weight excluding hydrogens is 207 g/mol. The summed E-state index contributed by atoms with van der Waals surface area (Å²) in [4.78, 5) is 3.43. The molecule has 0 radical (unpaired) electrons. The van der Waals surface area contributed by atoms with E-state index in [0.717, 1.165) is 16.4 Å². The number of halogens is 3. The number of nitrogens with zero attached hydrogens (tertiary/aromatic N) is 3. The molecule has 0 fully saturated rings. The fourth-order valence-electron chi connectivity index (χ4n) is 1.25. The molecule has 0 unspecified atom stereocenters. The number of alkyl halides is 3. The highest BCUT2D eigenvalue weighted by atomic mass is 19.4. The normalized spacial score (nSPS) is 12.3. The molecule has 2 heterocycles. The molecule has 6 heteroatoms. The Balaban J connectivity index is 2.56. The van der Waals surface area contributed by atoms with Crippen LogP contribution in [0.3, 0.4) is 0 Å². The van der Waals surface area contributed by atoms with E-state index in [1.165, 1.54) is 6.07 Å². The third-order valence-electron chi connectivity index (χ3n) is 2.03. The zero-order chi connectivity index (χ0) is 11.1. The third kappa shape index (κ3) is 1.79. The van der Waals surface area contributed by atoms with Crippen LogP contribution in [0.5, 0.6) is 0 Å². The van der Waals surface area contributed by atoms with Crippen molar-refractivity contribution < 1.29 is 13.2 Å². The van der Waals surface area contributed by atoms with Crippen LogP contribution < -0.4 is 0 Å². The van der Waals surface area contributed by atoms with Gasteiger partial charge in [-0.3, -0.25) is 0 Å². The summed E-state index contributed by atoms with van der Waals surface area (Å²) < 4.78 is 38.1. The number of aryl methyl sites for hydroxylation is 1. The molecule has 0 atom stereocenters. The van der Waals surface area contributed by atoms with E-state index in [1.54, 1.807) is 6.07 Å². The van der Waals surface area contributed by atoms with Crippen molar-refractivity contribution in [2.45, 2.75) is 19.5 Å². The molecule has 0 aliphatic heterocycles. The van der Waals surface area contributed by atoms with Crippen molar-refractivity contribution in [3.63, 3.8) is 0 Å². The van der Waals surface area contributed by atoms with E-state index in [4.69, 9.17) is 0 Å². The Morgan fingerprint density at radius 1 is 1.33 bits per heavy atom. The SMILES string of the molecule is CCc1ccc2nc(C(F)(F)F)cn2n1. The van der Waals surface area contributed by atoms with Gasteiger partial charge < -0.3 is 0 Å². The van der Waals surface area contributed by atoms with Crippen LogP contribution in [0.4, 0.5) is 13.2 Å². The minimum atomic E-state index is -4.42. The highest BCUT2D eigenvalue weighted by Gasteiger charge is 2.34. The maximum absolute atomic E-state index is 12.3. The van der Waals surface area contributed by atoms with Gasteiger partial charge in [-0.05, 0) is 18.6 Å². The molecular formula is C9H8F3N3. The molecule has 0 saturated carbocycles. The van der Waals surface area contributed by atoms with Crippen LogP contribution >= 0.6 is 0 Å². The van der Waals surface area contributed by atoms with Crippen molar-refractivity contribution in [2.24, 2.45) is 0 Å². The van der Waals surface area contributed by atoms with Crippen LogP contribution in [-0.2, 0) is 12.6 Å². The highest BCUT2D eigenvalue weighted by molar-refractivity contribution is 5.39. The first-order valence-electron chi connectivity index (χ1n) is 4.43. The standard InChI is InChI=1S/C9H8F3N3/c1-2-6-3-4-8-13-7(9(10,11)12)5-15(8)14-6/h3-5H,2H2,1H3. The Kier molecular flexibility index (Phi) is 2.13. The summed E-state index contributed by atoms with van der Waals surface area (Å²) >= 11 is 0. The van der Waals surface area contributed by atoms with Crippen molar-refractivity contribution in [3.8, 4) is 0 Å². The van der Waals surface area contributed by atoms with Gasteiger partial charge in [-0.1, -0.05) is 6.92 Å². The molecule has 0 N–H and O–H groups in total. The molecule has 0 bridgehead atoms. The molecule has 80 valence electrons. The lowest BCUT2D eigenvalue weighted by Gasteiger charge is -1.98. The number of hydrogen-bond acceptors (Lipinski definition) is 2. The Labute approximate surface area is 83.5 Å². The smallest absolute Gasteiger partial charge is 0.223 e. The van der Waals surface area contributed by atoms with Crippen LogP contribution in [0, 0.1) is 0 Å². The molecule has 2 aromatic heterocycles. The van der Waals surface area contributed by atoms with E-state index in [0.29, 0.717) is 6.42 Å². The van der Waals surface area contributed by atoms with Crippen molar-refractivity contribution >= 4 is 5.65 Å². The second kappa shape index (κ2) is 3.22. The minimum absolute atomic E-state index is 0.208. The van der Waals surface area contributed by atoms with Crippen LogP contribution in [0.1, 0.15) is 18.3 Å². The molecule has 0 aromatic carbocycles. The Morgan fingerprint density at radius 3 is 2.67 bits per heavy atom. The average Bonchev–Trinajstić information content (AvgIpc) is 2.59. The quantitative estimate of drug-likeness (QED) is 0.730. The van der Waals surface area contributed by atoms with Crippen LogP contribution in [-0.4, -0.2) is 14.6 Å². The Bertz CT molecular complexity index is 487. The van der Waals surface area contributed by atoms with E-state index in [-0.39, 0.29) is 5.65 Å². The van der Waals surface area contributed by atoms with E-state index in [9.17, 15) is 13.2 Å². The van der Waals surface area contributed by atoms with Gasteiger partial charge in [0.05, 0.1) is 11.9 Å². The lowest BCUT2D eigenvalue weighted by atomic mass is 10.3. The fourth-order valence-corrected chi connectivity index (χ4v) is 1.25. The molecule has 0 spiro atoms. The lowest BCUT2D eigenvalue weighted by molar-refractivity contribution is -0.140. The highest BCUT2D eigenvalue weighted by Crippen LogP contribution is 2.28. The van der Waals surface area contributed by atoms with Crippen molar-refractivity contribution in [3.05, 3.63) is 29.7 Å². The van der Waals surface area contributed by atoms with Gasteiger partial charge in [0.2, 0.25) is 0 Å². The third-order valence-corrected chi connectivity index (χ3v) is 2.03. The monoisotopic (exact) mass is 215 g/mol. The molecule has 3 nitrogen and oxygen atoms in total. The van der Waals surface area contributed by atoms with Crippen LogP contribution in [0.2, 0.25) is 0 Å².